The first-order valence-corrected chi connectivity index (χ1v) is 7.76. The van der Waals surface area contributed by atoms with E-state index < -0.39 is 0 Å². The van der Waals surface area contributed by atoms with Crippen molar-refractivity contribution in [1.29, 1.82) is 0 Å². The Morgan fingerprint density at radius 3 is 2.76 bits per heavy atom. The molecule has 1 fully saturated rings. The van der Waals surface area contributed by atoms with Gasteiger partial charge in [0.1, 0.15) is 5.82 Å². The number of hydrogen-bond donors (Lipinski definition) is 1. The lowest BCUT2D eigenvalue weighted by Gasteiger charge is -2.33. The lowest BCUT2D eigenvalue weighted by atomic mass is 10.0. The van der Waals surface area contributed by atoms with Crippen LogP contribution >= 0.6 is 0 Å². The number of piperidine rings is 1. The fourth-order valence-corrected chi connectivity index (χ4v) is 2.66. The third-order valence-corrected chi connectivity index (χ3v) is 3.90. The van der Waals surface area contributed by atoms with Crippen LogP contribution < -0.4 is 10.2 Å². The summed E-state index contributed by atoms with van der Waals surface area (Å²) in [6.45, 7) is 7.82. The zero-order chi connectivity index (χ0) is 15.2. The maximum absolute atomic E-state index is 12.0. The molecular formula is C17H25N3O. The van der Waals surface area contributed by atoms with E-state index in [0.717, 1.165) is 49.4 Å². The first-order chi connectivity index (χ1) is 10.1. The summed E-state index contributed by atoms with van der Waals surface area (Å²) in [6, 6.07) is 6.39. The quantitative estimate of drug-likeness (QED) is 0.866. The number of aryl methyl sites for hydroxylation is 1. The van der Waals surface area contributed by atoms with Gasteiger partial charge in [-0.3, -0.25) is 4.79 Å². The van der Waals surface area contributed by atoms with E-state index in [1.165, 1.54) is 0 Å². The highest BCUT2D eigenvalue weighted by Crippen LogP contribution is 2.18. The lowest BCUT2D eigenvalue weighted by Crippen LogP contribution is -2.45. The van der Waals surface area contributed by atoms with Crippen LogP contribution in [0.3, 0.4) is 0 Å². The highest BCUT2D eigenvalue weighted by molar-refractivity contribution is 5.92. The number of anilines is 1. The van der Waals surface area contributed by atoms with E-state index in [9.17, 15) is 4.79 Å². The molecule has 0 bridgehead atoms. The molecule has 2 heterocycles. The summed E-state index contributed by atoms with van der Waals surface area (Å²) in [5.74, 6) is 1.12. The molecule has 0 spiro atoms. The van der Waals surface area contributed by atoms with E-state index in [0.29, 0.717) is 0 Å². The van der Waals surface area contributed by atoms with Gasteiger partial charge >= 0.3 is 0 Å². The van der Waals surface area contributed by atoms with Crippen LogP contribution in [0.15, 0.2) is 29.8 Å². The summed E-state index contributed by atoms with van der Waals surface area (Å²) in [7, 11) is 0. The minimum absolute atomic E-state index is 0.0731. The minimum atomic E-state index is 0.0731. The fraction of sp³-hybridized carbons (Fsp3) is 0.529. The molecule has 0 aromatic carbocycles. The first-order valence-electron chi connectivity index (χ1n) is 7.76. The molecule has 1 amide bonds. The topological polar surface area (TPSA) is 45.2 Å². The summed E-state index contributed by atoms with van der Waals surface area (Å²) in [4.78, 5) is 18.9. The minimum Gasteiger partial charge on any atom is -0.356 e. The van der Waals surface area contributed by atoms with E-state index in [1.807, 2.05) is 39.0 Å². The second kappa shape index (κ2) is 7.25. The van der Waals surface area contributed by atoms with Crippen molar-refractivity contribution in [1.82, 2.24) is 10.3 Å². The van der Waals surface area contributed by atoms with Crippen LogP contribution in [0.2, 0.25) is 0 Å². The lowest BCUT2D eigenvalue weighted by molar-refractivity contribution is -0.118. The average molecular weight is 287 g/mol. The van der Waals surface area contributed by atoms with Crippen molar-refractivity contribution >= 4 is 11.7 Å². The average Bonchev–Trinajstić information content (AvgIpc) is 2.48. The van der Waals surface area contributed by atoms with Gasteiger partial charge in [-0.05, 0) is 45.2 Å². The summed E-state index contributed by atoms with van der Waals surface area (Å²) >= 11 is 0. The van der Waals surface area contributed by atoms with Crippen molar-refractivity contribution in [3.8, 4) is 0 Å². The summed E-state index contributed by atoms with van der Waals surface area (Å²) < 4.78 is 0. The molecule has 0 aliphatic carbocycles. The molecule has 0 unspecified atom stereocenters. The van der Waals surface area contributed by atoms with E-state index in [-0.39, 0.29) is 11.9 Å². The van der Waals surface area contributed by atoms with Gasteiger partial charge in [0, 0.05) is 30.4 Å². The van der Waals surface area contributed by atoms with Crippen LogP contribution in [0.1, 0.15) is 38.8 Å². The number of carbonyl (C=O) groups is 1. The number of aromatic nitrogens is 1. The molecular weight excluding hydrogens is 262 g/mol. The van der Waals surface area contributed by atoms with E-state index in [1.54, 1.807) is 0 Å². The van der Waals surface area contributed by atoms with Crippen molar-refractivity contribution in [3.05, 3.63) is 35.5 Å². The van der Waals surface area contributed by atoms with Gasteiger partial charge in [0.2, 0.25) is 5.91 Å². The van der Waals surface area contributed by atoms with Gasteiger partial charge in [-0.15, -0.1) is 0 Å². The summed E-state index contributed by atoms with van der Waals surface area (Å²) in [5.41, 5.74) is 1.86. The van der Waals surface area contributed by atoms with Crippen molar-refractivity contribution in [2.75, 3.05) is 18.0 Å². The molecule has 1 aromatic heterocycles. The maximum Gasteiger partial charge on any atom is 0.246 e. The summed E-state index contributed by atoms with van der Waals surface area (Å²) in [5, 5.41) is 3.13. The van der Waals surface area contributed by atoms with Crippen molar-refractivity contribution < 1.29 is 4.79 Å². The fourth-order valence-electron chi connectivity index (χ4n) is 2.66. The number of allylic oxidation sites excluding steroid dienone is 1. The molecule has 1 aliphatic rings. The predicted octanol–water partition coefficient (Wildman–Crippen LogP) is 2.83. The van der Waals surface area contributed by atoms with E-state index in [4.69, 9.17) is 0 Å². The van der Waals surface area contributed by atoms with Gasteiger partial charge < -0.3 is 10.2 Å². The maximum atomic E-state index is 12.0. The Hall–Kier alpha value is -1.84. The molecule has 4 heteroatoms. The van der Waals surface area contributed by atoms with E-state index in [2.05, 4.69) is 21.3 Å². The zero-order valence-electron chi connectivity index (χ0n) is 13.2. The van der Waals surface area contributed by atoms with Gasteiger partial charge in [-0.1, -0.05) is 19.1 Å². The number of pyridine rings is 1. The van der Waals surface area contributed by atoms with Gasteiger partial charge in [0.05, 0.1) is 0 Å². The smallest absolute Gasteiger partial charge is 0.246 e. The van der Waals surface area contributed by atoms with E-state index >= 15 is 0 Å². The Balaban J connectivity index is 1.86. The Morgan fingerprint density at radius 1 is 1.43 bits per heavy atom. The van der Waals surface area contributed by atoms with Gasteiger partial charge in [0.25, 0.3) is 0 Å². The Kier molecular flexibility index (Phi) is 5.37. The second-order valence-corrected chi connectivity index (χ2v) is 5.67. The van der Waals surface area contributed by atoms with Crippen molar-refractivity contribution in [3.63, 3.8) is 0 Å². The molecule has 1 saturated heterocycles. The standard InChI is InChI=1S/C17H25N3O/c1-4-6-13(2)17(21)19-15-9-11-20(12-10-15)16-8-5-7-14(3)18-16/h5-8,15H,4,9-12H2,1-3H3,(H,19,21)/b13-6-. The van der Waals surface area contributed by atoms with Crippen LogP contribution in [0.4, 0.5) is 5.82 Å². The van der Waals surface area contributed by atoms with Crippen LogP contribution in [0.5, 0.6) is 0 Å². The highest BCUT2D eigenvalue weighted by atomic mass is 16.1. The number of nitrogens with one attached hydrogen (secondary N) is 1. The third kappa shape index (κ3) is 4.31. The van der Waals surface area contributed by atoms with Crippen molar-refractivity contribution in [2.24, 2.45) is 0 Å². The van der Waals surface area contributed by atoms with Crippen LogP contribution in [-0.4, -0.2) is 30.0 Å². The summed E-state index contributed by atoms with van der Waals surface area (Å²) in [6.07, 6.45) is 4.82. The highest BCUT2D eigenvalue weighted by Gasteiger charge is 2.21. The Bertz CT molecular complexity index is 517. The normalized spacial score (nSPS) is 16.9. The molecule has 0 radical (unpaired) electrons. The molecule has 1 aliphatic heterocycles. The first kappa shape index (κ1) is 15.5. The number of carbonyl (C=O) groups excluding carboxylic acids is 1. The monoisotopic (exact) mass is 287 g/mol. The molecule has 2 rings (SSSR count). The SMILES string of the molecule is CC/C=C(/C)C(=O)NC1CCN(c2cccc(C)n2)CC1. The Morgan fingerprint density at radius 2 is 2.14 bits per heavy atom. The van der Waals surface area contributed by atoms with Gasteiger partial charge in [0.15, 0.2) is 0 Å². The predicted molar refractivity (Wildman–Crippen MR) is 86.4 cm³/mol. The molecule has 21 heavy (non-hydrogen) atoms. The molecule has 4 nitrogen and oxygen atoms in total. The molecule has 0 saturated carbocycles. The number of amides is 1. The number of hydrogen-bond acceptors (Lipinski definition) is 3. The molecule has 114 valence electrons. The second-order valence-electron chi connectivity index (χ2n) is 5.67. The molecule has 1 N–H and O–H groups in total. The third-order valence-electron chi connectivity index (χ3n) is 3.90. The van der Waals surface area contributed by atoms with Gasteiger partial charge in [-0.25, -0.2) is 4.98 Å². The van der Waals surface area contributed by atoms with Crippen LogP contribution in [0.25, 0.3) is 0 Å². The van der Waals surface area contributed by atoms with Crippen LogP contribution in [-0.2, 0) is 4.79 Å². The molecule has 1 aromatic rings. The largest absolute Gasteiger partial charge is 0.356 e. The number of rotatable bonds is 4. The number of nitrogens with zero attached hydrogens (tertiary/aromatic N) is 2. The molecule has 0 atom stereocenters. The van der Waals surface area contributed by atoms with Crippen molar-refractivity contribution in [2.45, 2.75) is 46.1 Å². The zero-order valence-corrected chi connectivity index (χ0v) is 13.2. The Labute approximate surface area is 127 Å². The van der Waals surface area contributed by atoms with Crippen LogP contribution in [0, 0.1) is 6.92 Å². The van der Waals surface area contributed by atoms with Gasteiger partial charge in [-0.2, -0.15) is 0 Å².